The number of nitrogens with zero attached hydrogens (tertiary/aromatic N) is 1. The Labute approximate surface area is 221 Å². The summed E-state index contributed by atoms with van der Waals surface area (Å²) in [6.45, 7) is 0. The van der Waals surface area contributed by atoms with Gasteiger partial charge in [0.25, 0.3) is 0 Å². The maximum absolute atomic E-state index is 14.0. The van der Waals surface area contributed by atoms with Crippen LogP contribution in [0, 0.1) is 11.3 Å². The van der Waals surface area contributed by atoms with Crippen molar-refractivity contribution in [1.29, 1.82) is 5.41 Å². The van der Waals surface area contributed by atoms with Crippen molar-refractivity contribution < 1.29 is 19.7 Å². The number of alkyl halides is 2. The fourth-order valence-corrected chi connectivity index (χ4v) is 14.2. The van der Waals surface area contributed by atoms with E-state index in [1.54, 1.807) is 13.3 Å². The van der Waals surface area contributed by atoms with Gasteiger partial charge in [0.2, 0.25) is 0 Å². The summed E-state index contributed by atoms with van der Waals surface area (Å²) in [5.41, 5.74) is 10.2. The summed E-state index contributed by atoms with van der Waals surface area (Å²) in [6, 6.07) is 19.2. The van der Waals surface area contributed by atoms with E-state index in [1.807, 2.05) is 60.7 Å². The van der Waals surface area contributed by atoms with Gasteiger partial charge in [-0.3, -0.25) is 0 Å². The molecule has 1 aliphatic heterocycles. The summed E-state index contributed by atoms with van der Waals surface area (Å²) in [4.78, 5) is 18.2. The summed E-state index contributed by atoms with van der Waals surface area (Å²) in [7, 11) is 3.11. The molecule has 1 aromatic heterocycles. The first kappa shape index (κ1) is 26.7. The van der Waals surface area contributed by atoms with E-state index in [-0.39, 0.29) is 25.4 Å². The third-order valence-electron chi connectivity index (χ3n) is 6.93. The van der Waals surface area contributed by atoms with E-state index in [0.717, 1.165) is 39.5 Å². The second kappa shape index (κ2) is 11.3. The number of carbonyl (C=O) groups is 1. The second-order valence-corrected chi connectivity index (χ2v) is 17.8. The number of pyridine rings is 1. The molecule has 7 nitrogen and oxygen atoms in total. The zero-order valence-electron chi connectivity index (χ0n) is 21.2. The van der Waals surface area contributed by atoms with Gasteiger partial charge in [0.15, 0.2) is 0 Å². The van der Waals surface area contributed by atoms with Crippen LogP contribution in [0.3, 0.4) is 0 Å². The molecule has 1 fully saturated rings. The van der Waals surface area contributed by atoms with Gasteiger partial charge < -0.3 is 0 Å². The molecule has 2 aromatic carbocycles. The van der Waals surface area contributed by atoms with Crippen LogP contribution in [0.5, 0.6) is 5.88 Å². The third kappa shape index (κ3) is 5.64. The Morgan fingerprint density at radius 3 is 2.51 bits per heavy atom. The van der Waals surface area contributed by atoms with Crippen LogP contribution < -0.4 is 15.9 Å². The molecule has 0 radical (unpaired) electrons. The van der Waals surface area contributed by atoms with Gasteiger partial charge in [-0.05, 0) is 0 Å². The normalized spacial score (nSPS) is 21.4. The predicted octanol–water partition coefficient (Wildman–Crippen LogP) is 3.48. The summed E-state index contributed by atoms with van der Waals surface area (Å²) in [5, 5.41) is 14.4. The van der Waals surface area contributed by atoms with Crippen LogP contribution in [0.1, 0.15) is 34.3 Å². The first-order chi connectivity index (χ1) is 17.8. The minimum atomic E-state index is -3.24. The van der Waals surface area contributed by atoms with Crippen molar-refractivity contribution >= 4 is 38.0 Å². The Morgan fingerprint density at radius 1 is 1.16 bits per heavy atom. The second-order valence-electron chi connectivity index (χ2n) is 9.20. The fraction of sp³-hybridized carbons (Fsp3) is 0.276. The van der Waals surface area contributed by atoms with Crippen LogP contribution in [0.15, 0.2) is 66.9 Å². The van der Waals surface area contributed by atoms with Gasteiger partial charge in [-0.15, -0.1) is 0 Å². The number of hydrogen-bond donors (Lipinski definition) is 3. The van der Waals surface area contributed by atoms with E-state index in [2.05, 4.69) is 9.50 Å². The summed E-state index contributed by atoms with van der Waals surface area (Å²) >= 11 is -3.24. The Morgan fingerprint density at radius 2 is 1.89 bits per heavy atom. The van der Waals surface area contributed by atoms with Crippen LogP contribution in [0.4, 0.5) is 0 Å². The standard InChI is InChI=1S/C29H33IN4O3/c1-30(27(35)21-11-9-20(10-12-21)23-13-14-26(36-2)34-18-23)15-5-8-25(30)24(29(33)37-3)17-19-6-4-7-22(16-19)28(31)32/h4,6-7,9-14,16,18,24-25,33H,1,5,8,15,17H2,2-3H3,(H3,31,32)/p+1. The number of rotatable bonds is 9. The Kier molecular flexibility index (Phi) is 8.16. The molecule has 4 rings (SSSR count). The monoisotopic (exact) mass is 613 g/mol. The summed E-state index contributed by atoms with van der Waals surface area (Å²) in [5.74, 6) is 0.800. The molecule has 0 aliphatic carbocycles. The number of ether oxygens (including phenoxy) is 2. The Hall–Kier alpha value is -3.40. The molecule has 0 amide bonds. The van der Waals surface area contributed by atoms with Gasteiger partial charge in [-0.2, -0.15) is 0 Å². The van der Waals surface area contributed by atoms with Crippen molar-refractivity contribution in [2.45, 2.75) is 23.2 Å². The number of methoxy groups -OCH3 is 2. The number of nitrogens with one attached hydrogen (secondary N) is 1. The van der Waals surface area contributed by atoms with Crippen LogP contribution in [0.25, 0.3) is 11.1 Å². The average Bonchev–Trinajstić information content (AvgIpc) is 3.33. The molecule has 0 spiro atoms. The molecular weight excluding hydrogens is 579 g/mol. The molecule has 0 saturated carbocycles. The fourth-order valence-electron chi connectivity index (χ4n) is 4.92. The molecule has 1 saturated heterocycles. The van der Waals surface area contributed by atoms with Crippen LogP contribution in [-0.2, 0) is 11.2 Å². The third-order valence-corrected chi connectivity index (χ3v) is 16.7. The van der Waals surface area contributed by atoms with E-state index in [0.29, 0.717) is 17.9 Å². The van der Waals surface area contributed by atoms with Crippen LogP contribution >= 0.6 is 18.0 Å². The zero-order chi connectivity index (χ0) is 26.6. The van der Waals surface area contributed by atoms with Crippen molar-refractivity contribution in [1.82, 2.24) is 4.98 Å². The molecule has 1 aliphatic rings. The van der Waals surface area contributed by atoms with Gasteiger partial charge in [-0.1, -0.05) is 0 Å². The first-order valence-corrected chi connectivity index (χ1v) is 17.4. The van der Waals surface area contributed by atoms with Crippen molar-refractivity contribution in [2.24, 2.45) is 11.7 Å². The molecular formula is C29H34IN4O3+. The average molecular weight is 614 g/mol. The molecule has 194 valence electrons. The van der Waals surface area contributed by atoms with Crippen LogP contribution in [-0.4, -0.2) is 47.6 Å². The predicted molar refractivity (Wildman–Crippen MR) is 158 cm³/mol. The Balaban J connectivity index is 1.60. The van der Waals surface area contributed by atoms with Gasteiger partial charge in [-0.25, -0.2) is 0 Å². The number of halogens is 1. The van der Waals surface area contributed by atoms with Crippen molar-refractivity contribution in [2.75, 3.05) is 18.6 Å². The Bertz CT molecular complexity index is 1350. The van der Waals surface area contributed by atoms with Crippen molar-refractivity contribution in [3.05, 3.63) is 83.6 Å². The SMILES string of the molecule is C=I1(C(=O)c2ccc(-c3ccc(OC)nc3)cc2)CCCC1C(Cc1cccc(C(N)=[NH2+])c1)C(=N)OC. The molecule has 3 atom stereocenters. The number of amidine groups is 1. The van der Waals surface area contributed by atoms with E-state index < -0.39 is 18.0 Å². The van der Waals surface area contributed by atoms with Gasteiger partial charge >= 0.3 is 222 Å². The van der Waals surface area contributed by atoms with Crippen molar-refractivity contribution in [3.8, 4) is 17.0 Å². The number of carbonyl (C=O) groups excluding carboxylic acids is 1. The first-order valence-electron chi connectivity index (χ1n) is 12.1. The molecule has 0 bridgehead atoms. The van der Waals surface area contributed by atoms with Gasteiger partial charge in [0.1, 0.15) is 0 Å². The van der Waals surface area contributed by atoms with E-state index in [1.165, 1.54) is 7.11 Å². The summed E-state index contributed by atoms with van der Waals surface area (Å²) in [6.07, 6.45) is 4.16. The van der Waals surface area contributed by atoms with E-state index in [4.69, 9.17) is 26.0 Å². The van der Waals surface area contributed by atoms with Gasteiger partial charge in [0.05, 0.1) is 0 Å². The number of nitrogens with two attached hydrogens (primary N) is 2. The summed E-state index contributed by atoms with van der Waals surface area (Å²) < 4.78 is 16.3. The number of benzene rings is 2. The van der Waals surface area contributed by atoms with Gasteiger partial charge in [0, 0.05) is 0 Å². The number of hydrogen-bond acceptors (Lipinski definition) is 5. The quantitative estimate of drug-likeness (QED) is 0.112. The number of aromatic nitrogens is 1. The molecule has 3 aromatic rings. The van der Waals surface area contributed by atoms with E-state index >= 15 is 0 Å². The minimum absolute atomic E-state index is 0.0418. The topological polar surface area (TPSA) is 124 Å². The van der Waals surface area contributed by atoms with E-state index in [9.17, 15) is 4.79 Å². The molecule has 3 unspecified atom stereocenters. The van der Waals surface area contributed by atoms with Crippen LogP contribution in [0.2, 0.25) is 0 Å². The molecule has 8 heteroatoms. The maximum atomic E-state index is 14.0. The molecule has 37 heavy (non-hydrogen) atoms. The zero-order valence-corrected chi connectivity index (χ0v) is 23.4. The molecule has 2 heterocycles. The molecule has 5 N–H and O–H groups in total. The van der Waals surface area contributed by atoms with Crippen molar-refractivity contribution in [3.63, 3.8) is 0 Å².